The number of benzene rings is 1. The molecule has 1 fully saturated rings. The minimum absolute atomic E-state index is 0.0562. The summed E-state index contributed by atoms with van der Waals surface area (Å²) in [6.45, 7) is 3.44. The lowest BCUT2D eigenvalue weighted by atomic mass is 10.3. The average molecular weight is 342 g/mol. The second-order valence-electron chi connectivity index (χ2n) is 5.22. The number of carbonyl (C=O) groups excluding carboxylic acids is 1. The first-order valence-corrected chi connectivity index (χ1v) is 9.26. The highest BCUT2D eigenvalue weighted by Gasteiger charge is 2.22. The fourth-order valence-electron chi connectivity index (χ4n) is 2.26. The maximum Gasteiger partial charge on any atom is 0.284 e. The predicted molar refractivity (Wildman–Crippen MR) is 88.8 cm³/mol. The van der Waals surface area contributed by atoms with Crippen LogP contribution in [0.2, 0.25) is 0 Å². The maximum atomic E-state index is 12.2. The largest absolute Gasteiger partial charge is 0.334 e. The Hall–Kier alpha value is -1.25. The summed E-state index contributed by atoms with van der Waals surface area (Å²) < 4.78 is 0. The molecule has 120 valence electrons. The molecule has 0 saturated carbocycles. The third-order valence-corrected chi connectivity index (χ3v) is 5.46. The van der Waals surface area contributed by atoms with Crippen LogP contribution in [0.1, 0.15) is 0 Å². The standard InChI is InChI=1S/C14H19N3O3S2/c1-15-5-7-16(8-6-15)14(18)10-22-13-4-3-11(21-2)9-12(13)17(19)20/h3-4,9H,5-8,10H2,1-2H3/p+1. The van der Waals surface area contributed by atoms with Gasteiger partial charge in [-0.3, -0.25) is 14.9 Å². The second kappa shape index (κ2) is 7.85. The zero-order chi connectivity index (χ0) is 16.1. The number of nitrogens with zero attached hydrogens (tertiary/aromatic N) is 2. The Kier molecular flexibility index (Phi) is 6.10. The minimum atomic E-state index is -0.383. The number of piperazine rings is 1. The molecule has 8 heteroatoms. The molecule has 1 aliphatic rings. The molecule has 1 aromatic carbocycles. The molecule has 1 heterocycles. The number of amides is 1. The number of hydrogen-bond acceptors (Lipinski definition) is 5. The molecule has 1 aliphatic heterocycles. The van der Waals surface area contributed by atoms with Gasteiger partial charge in [-0.2, -0.15) is 0 Å². The first-order chi connectivity index (χ1) is 10.5. The van der Waals surface area contributed by atoms with E-state index < -0.39 is 0 Å². The number of rotatable bonds is 5. The van der Waals surface area contributed by atoms with Crippen LogP contribution in [0.25, 0.3) is 0 Å². The van der Waals surface area contributed by atoms with E-state index in [4.69, 9.17) is 0 Å². The molecule has 2 rings (SSSR count). The highest BCUT2D eigenvalue weighted by Crippen LogP contribution is 2.32. The van der Waals surface area contributed by atoms with Crippen LogP contribution >= 0.6 is 23.5 Å². The van der Waals surface area contributed by atoms with Gasteiger partial charge in [0.25, 0.3) is 5.69 Å². The molecule has 6 nitrogen and oxygen atoms in total. The summed E-state index contributed by atoms with van der Waals surface area (Å²) in [5.41, 5.74) is 0.0764. The number of nitro groups is 1. The van der Waals surface area contributed by atoms with Crippen LogP contribution in [0.3, 0.4) is 0 Å². The van der Waals surface area contributed by atoms with E-state index in [0.717, 1.165) is 31.1 Å². The Balaban J connectivity index is 1.99. The van der Waals surface area contributed by atoms with Crippen molar-refractivity contribution in [2.24, 2.45) is 0 Å². The molecule has 0 aromatic heterocycles. The van der Waals surface area contributed by atoms with Crippen LogP contribution in [0.4, 0.5) is 5.69 Å². The van der Waals surface area contributed by atoms with Gasteiger partial charge in [-0.15, -0.1) is 23.5 Å². The predicted octanol–water partition coefficient (Wildman–Crippen LogP) is 0.766. The number of likely N-dealkylation sites (N-methyl/N-ethyl adjacent to an activating group) is 1. The number of nitro benzene ring substituents is 1. The normalized spacial score (nSPS) is 15.8. The SMILES string of the molecule is CSc1ccc(SCC(=O)N2CC[NH+](C)CC2)c([N+](=O)[O-])c1. The summed E-state index contributed by atoms with van der Waals surface area (Å²) in [5, 5.41) is 11.2. The lowest BCUT2D eigenvalue weighted by molar-refractivity contribution is -0.883. The van der Waals surface area contributed by atoms with Crippen LogP contribution in [0, 0.1) is 10.1 Å². The summed E-state index contributed by atoms with van der Waals surface area (Å²) in [7, 11) is 2.12. The molecule has 0 radical (unpaired) electrons. The van der Waals surface area contributed by atoms with E-state index in [2.05, 4.69) is 7.05 Å². The molecule has 0 unspecified atom stereocenters. The Morgan fingerprint density at radius 1 is 1.41 bits per heavy atom. The van der Waals surface area contributed by atoms with Gasteiger partial charge < -0.3 is 9.80 Å². The first-order valence-electron chi connectivity index (χ1n) is 7.05. The van der Waals surface area contributed by atoms with E-state index in [0.29, 0.717) is 4.90 Å². The Labute approximate surface area is 138 Å². The van der Waals surface area contributed by atoms with Crippen molar-refractivity contribution < 1.29 is 14.6 Å². The molecule has 0 atom stereocenters. The number of hydrogen-bond donors (Lipinski definition) is 1. The van der Waals surface area contributed by atoms with Crippen LogP contribution < -0.4 is 4.90 Å². The monoisotopic (exact) mass is 342 g/mol. The van der Waals surface area contributed by atoms with Crippen molar-refractivity contribution in [2.75, 3.05) is 45.2 Å². The van der Waals surface area contributed by atoms with Crippen LogP contribution in [-0.4, -0.2) is 61.0 Å². The molecule has 1 saturated heterocycles. The summed E-state index contributed by atoms with van der Waals surface area (Å²) in [5.74, 6) is 0.305. The summed E-state index contributed by atoms with van der Waals surface area (Å²) in [6.07, 6.45) is 1.88. The maximum absolute atomic E-state index is 12.2. The van der Waals surface area contributed by atoms with Crippen LogP contribution in [0.5, 0.6) is 0 Å². The van der Waals surface area contributed by atoms with Gasteiger partial charge in [0.05, 0.1) is 48.8 Å². The van der Waals surface area contributed by atoms with Gasteiger partial charge in [0.2, 0.25) is 5.91 Å². The zero-order valence-electron chi connectivity index (χ0n) is 12.7. The molecule has 1 N–H and O–H groups in total. The van der Waals surface area contributed by atoms with E-state index in [-0.39, 0.29) is 22.3 Å². The molecule has 1 amide bonds. The lowest BCUT2D eigenvalue weighted by Gasteiger charge is -2.30. The van der Waals surface area contributed by atoms with Gasteiger partial charge in [0, 0.05) is 11.0 Å². The molecule has 0 bridgehead atoms. The number of quaternary nitrogens is 1. The van der Waals surface area contributed by atoms with Gasteiger partial charge >= 0.3 is 0 Å². The molecule has 0 spiro atoms. The lowest BCUT2D eigenvalue weighted by Crippen LogP contribution is -3.12. The number of nitrogens with one attached hydrogen (secondary N) is 1. The fourth-order valence-corrected chi connectivity index (χ4v) is 3.60. The van der Waals surface area contributed by atoms with Crippen molar-refractivity contribution in [2.45, 2.75) is 9.79 Å². The molecular formula is C14H20N3O3S2+. The topological polar surface area (TPSA) is 67.9 Å². The van der Waals surface area contributed by atoms with E-state index in [9.17, 15) is 14.9 Å². The van der Waals surface area contributed by atoms with Gasteiger partial charge in [-0.05, 0) is 18.4 Å². The summed E-state index contributed by atoms with van der Waals surface area (Å²) in [4.78, 5) is 27.7. The van der Waals surface area contributed by atoms with Crippen molar-refractivity contribution in [3.8, 4) is 0 Å². The first kappa shape index (κ1) is 17.1. The summed E-state index contributed by atoms with van der Waals surface area (Å²) >= 11 is 2.71. The average Bonchev–Trinajstić information content (AvgIpc) is 2.53. The number of carbonyl (C=O) groups is 1. The third-order valence-electron chi connectivity index (χ3n) is 3.68. The third kappa shape index (κ3) is 4.37. The van der Waals surface area contributed by atoms with Gasteiger partial charge in [0.1, 0.15) is 0 Å². The highest BCUT2D eigenvalue weighted by molar-refractivity contribution is 8.00. The quantitative estimate of drug-likeness (QED) is 0.486. The smallest absolute Gasteiger partial charge is 0.284 e. The zero-order valence-corrected chi connectivity index (χ0v) is 14.3. The van der Waals surface area contributed by atoms with Crippen LogP contribution in [0.15, 0.2) is 28.0 Å². The van der Waals surface area contributed by atoms with Gasteiger partial charge in [0.15, 0.2) is 0 Å². The second-order valence-corrected chi connectivity index (χ2v) is 7.11. The van der Waals surface area contributed by atoms with E-state index in [1.165, 1.54) is 28.4 Å². The van der Waals surface area contributed by atoms with Crippen molar-refractivity contribution >= 4 is 35.1 Å². The van der Waals surface area contributed by atoms with Crippen molar-refractivity contribution in [3.63, 3.8) is 0 Å². The Morgan fingerprint density at radius 2 is 2.09 bits per heavy atom. The minimum Gasteiger partial charge on any atom is -0.334 e. The van der Waals surface area contributed by atoms with Crippen molar-refractivity contribution in [1.82, 2.24) is 4.90 Å². The van der Waals surface area contributed by atoms with Gasteiger partial charge in [-0.25, -0.2) is 0 Å². The van der Waals surface area contributed by atoms with Crippen molar-refractivity contribution in [1.29, 1.82) is 0 Å². The van der Waals surface area contributed by atoms with Crippen molar-refractivity contribution in [3.05, 3.63) is 28.3 Å². The molecule has 0 aliphatic carbocycles. The fraction of sp³-hybridized carbons (Fsp3) is 0.500. The Bertz CT molecular complexity index is 560. The summed E-state index contributed by atoms with van der Waals surface area (Å²) in [6, 6.07) is 5.15. The Morgan fingerprint density at radius 3 is 2.68 bits per heavy atom. The molecule has 22 heavy (non-hydrogen) atoms. The molecule has 1 aromatic rings. The highest BCUT2D eigenvalue weighted by atomic mass is 32.2. The molecular weight excluding hydrogens is 322 g/mol. The van der Waals surface area contributed by atoms with E-state index in [1.54, 1.807) is 12.1 Å². The number of thioether (sulfide) groups is 2. The van der Waals surface area contributed by atoms with E-state index in [1.807, 2.05) is 17.2 Å². The van der Waals surface area contributed by atoms with Gasteiger partial charge in [-0.1, -0.05) is 0 Å². The van der Waals surface area contributed by atoms with E-state index >= 15 is 0 Å². The van der Waals surface area contributed by atoms with Crippen LogP contribution in [-0.2, 0) is 4.79 Å².